The van der Waals surface area contributed by atoms with Crippen molar-refractivity contribution >= 4 is 30.3 Å². The van der Waals surface area contributed by atoms with Gasteiger partial charge in [-0.05, 0) is 115 Å². The van der Waals surface area contributed by atoms with Gasteiger partial charge in [0.15, 0.2) is 5.78 Å². The Hall–Kier alpha value is -1.28. The van der Waals surface area contributed by atoms with Crippen LogP contribution in [0.15, 0.2) is 0 Å². The zero-order valence-electron chi connectivity index (χ0n) is 31.8. The summed E-state index contributed by atoms with van der Waals surface area (Å²) in [5.74, 6) is 0.0551. The van der Waals surface area contributed by atoms with Crippen LogP contribution in [0.2, 0.25) is 0 Å². The number of esters is 1. The number of carbonyl (C=O) groups excluding carboxylic acids is 3. The van der Waals surface area contributed by atoms with Crippen LogP contribution >= 0.6 is 12.6 Å². The molecule has 47 heavy (non-hydrogen) atoms. The largest absolute Gasteiger partial charge is 0.460 e. The Morgan fingerprint density at radius 3 is 1.74 bits per heavy atom. The molecular weight excluding hydrogens is 624 g/mol. The van der Waals surface area contributed by atoms with Gasteiger partial charge in [-0.15, -0.1) is 0 Å². The second-order valence-corrected chi connectivity index (χ2v) is 16.6. The molecule has 0 aromatic carbocycles. The number of ketones is 1. The second-order valence-electron chi connectivity index (χ2n) is 16.1. The van der Waals surface area contributed by atoms with Crippen LogP contribution < -0.4 is 5.32 Å². The summed E-state index contributed by atoms with van der Waals surface area (Å²) in [7, 11) is 0. The highest BCUT2D eigenvalue weighted by Crippen LogP contribution is 2.22. The van der Waals surface area contributed by atoms with E-state index in [1.165, 1.54) is 4.90 Å². The maximum Gasteiger partial charge on any atom is 0.313 e. The van der Waals surface area contributed by atoms with Gasteiger partial charge >= 0.3 is 5.97 Å². The summed E-state index contributed by atoms with van der Waals surface area (Å²) in [4.78, 5) is 39.8. The van der Waals surface area contributed by atoms with Crippen LogP contribution in [0, 0.1) is 5.41 Å². The number of nitrogens with one attached hydrogen (secondary N) is 1. The molecule has 0 spiro atoms. The van der Waals surface area contributed by atoms with E-state index in [1.807, 2.05) is 62.3 Å². The fraction of sp³-hybridized carbons (Fsp3) is 0.914. The molecule has 0 bridgehead atoms. The topological polar surface area (TPSA) is 133 Å². The fourth-order valence-electron chi connectivity index (χ4n) is 4.14. The van der Waals surface area contributed by atoms with E-state index in [0.717, 1.165) is 12.2 Å². The number of hydrogen-bond donors (Lipinski definition) is 3. The molecule has 0 saturated carbocycles. The van der Waals surface area contributed by atoms with Crippen molar-refractivity contribution in [2.75, 3.05) is 65.0 Å². The predicted molar refractivity (Wildman–Crippen MR) is 189 cm³/mol. The summed E-state index contributed by atoms with van der Waals surface area (Å²) in [6.07, 6.45) is 1.98. The normalized spacial score (nSPS) is 13.5. The average molecular weight is 693 g/mol. The Kier molecular flexibility index (Phi) is 19.3. The van der Waals surface area contributed by atoms with Crippen LogP contribution in [-0.4, -0.2) is 121 Å². The fourth-order valence-corrected chi connectivity index (χ4v) is 4.68. The molecule has 0 heterocycles. The van der Waals surface area contributed by atoms with Gasteiger partial charge in [0.25, 0.3) is 0 Å². The molecule has 0 saturated heterocycles. The van der Waals surface area contributed by atoms with Gasteiger partial charge in [-0.2, -0.15) is 12.6 Å². The van der Waals surface area contributed by atoms with Crippen LogP contribution in [0.5, 0.6) is 0 Å². The standard InChI is InChI=1S/C35H68N2O9S/c1-30(2,3)46-29(41)31(4,5)26-36-24-27(39)35(12,13)44-21-15-32(6,7)43-22-18-37(17-19-38)28(40)25-45-33(8,9)14-20-42-34(10,11)16-23-47/h36,38,47H,14-26H2,1-13H3. The predicted octanol–water partition coefficient (Wildman–Crippen LogP) is 4.61. The number of thiol groups is 1. The maximum absolute atomic E-state index is 12.9. The van der Waals surface area contributed by atoms with Gasteiger partial charge in [-0.25, -0.2) is 0 Å². The van der Waals surface area contributed by atoms with Crippen molar-refractivity contribution in [3.8, 4) is 0 Å². The number of carbonyl (C=O) groups is 3. The first-order chi connectivity index (χ1) is 21.3. The highest BCUT2D eigenvalue weighted by atomic mass is 32.1. The van der Waals surface area contributed by atoms with Crippen molar-refractivity contribution in [3.05, 3.63) is 0 Å². The summed E-state index contributed by atoms with van der Waals surface area (Å²) >= 11 is 4.28. The molecule has 0 aliphatic heterocycles. The molecule has 0 aliphatic rings. The molecule has 0 radical (unpaired) electrons. The van der Waals surface area contributed by atoms with Gasteiger partial charge in [-0.3, -0.25) is 14.4 Å². The lowest BCUT2D eigenvalue weighted by molar-refractivity contribution is -0.165. The third-order valence-corrected chi connectivity index (χ3v) is 7.94. The van der Waals surface area contributed by atoms with E-state index < -0.39 is 27.8 Å². The van der Waals surface area contributed by atoms with E-state index >= 15 is 0 Å². The number of nitrogens with zero attached hydrogens (tertiary/aromatic N) is 1. The molecule has 2 N–H and O–H groups in total. The van der Waals surface area contributed by atoms with E-state index in [0.29, 0.717) is 26.0 Å². The summed E-state index contributed by atoms with van der Waals surface area (Å²) in [5, 5.41) is 12.6. The molecule has 0 aromatic rings. The zero-order valence-corrected chi connectivity index (χ0v) is 32.7. The van der Waals surface area contributed by atoms with Crippen molar-refractivity contribution in [2.24, 2.45) is 5.41 Å². The highest BCUT2D eigenvalue weighted by Gasteiger charge is 2.34. The number of hydrogen-bond acceptors (Lipinski definition) is 11. The SMILES string of the molecule is CC(C)(C)OC(=O)C(C)(C)CNCC(=O)C(C)(C)OCCC(C)(C)OCCN(CCO)C(=O)COC(C)(C)CCOC(C)(C)CCS. The number of aliphatic hydroxyl groups is 1. The van der Waals surface area contributed by atoms with Crippen molar-refractivity contribution in [1.29, 1.82) is 0 Å². The summed E-state index contributed by atoms with van der Waals surface area (Å²) in [5.41, 5.74) is -3.81. The minimum atomic E-state index is -1.04. The monoisotopic (exact) mass is 692 g/mol. The molecule has 278 valence electrons. The van der Waals surface area contributed by atoms with Gasteiger partial charge in [0.05, 0.1) is 55.2 Å². The first-order valence-corrected chi connectivity index (χ1v) is 17.4. The Labute approximate surface area is 290 Å². The Bertz CT molecular complexity index is 959. The van der Waals surface area contributed by atoms with Crippen LogP contribution in [-0.2, 0) is 38.1 Å². The van der Waals surface area contributed by atoms with Crippen LogP contribution in [0.25, 0.3) is 0 Å². The molecule has 0 rings (SSSR count). The minimum Gasteiger partial charge on any atom is -0.460 e. The third kappa shape index (κ3) is 20.7. The molecule has 0 unspecified atom stereocenters. The number of rotatable bonds is 25. The highest BCUT2D eigenvalue weighted by molar-refractivity contribution is 7.80. The average Bonchev–Trinajstić information content (AvgIpc) is 2.89. The lowest BCUT2D eigenvalue weighted by Gasteiger charge is -2.31. The quantitative estimate of drug-likeness (QED) is 0.0921. The first kappa shape index (κ1) is 45.7. The molecule has 0 aliphatic carbocycles. The van der Waals surface area contributed by atoms with Crippen LogP contribution in [0.4, 0.5) is 0 Å². The van der Waals surface area contributed by atoms with E-state index in [9.17, 15) is 19.5 Å². The molecule has 0 fully saturated rings. The Morgan fingerprint density at radius 2 is 1.21 bits per heavy atom. The van der Waals surface area contributed by atoms with Crippen molar-refractivity contribution in [1.82, 2.24) is 10.2 Å². The van der Waals surface area contributed by atoms with E-state index in [2.05, 4.69) is 17.9 Å². The lowest BCUT2D eigenvalue weighted by Crippen LogP contribution is -2.46. The van der Waals surface area contributed by atoms with E-state index in [-0.39, 0.29) is 69.3 Å². The molecule has 11 nitrogen and oxygen atoms in total. The van der Waals surface area contributed by atoms with Gasteiger partial charge in [0, 0.05) is 19.6 Å². The van der Waals surface area contributed by atoms with Gasteiger partial charge in [0.1, 0.15) is 17.8 Å². The lowest BCUT2D eigenvalue weighted by atomic mass is 9.93. The summed E-state index contributed by atoms with van der Waals surface area (Å²) in [6, 6.07) is 0. The first-order valence-electron chi connectivity index (χ1n) is 16.8. The molecule has 0 aromatic heterocycles. The molecular formula is C35H68N2O9S. The van der Waals surface area contributed by atoms with Crippen LogP contribution in [0.3, 0.4) is 0 Å². The van der Waals surface area contributed by atoms with Gasteiger partial charge in [0.2, 0.25) is 5.91 Å². The molecule has 12 heteroatoms. The zero-order chi connectivity index (χ0) is 36.7. The number of Topliss-reactive ketones (excluding diaryl/α,β-unsaturated/α-hetero) is 1. The maximum atomic E-state index is 12.9. The number of amides is 1. The minimum absolute atomic E-state index is 0.0527. The Morgan fingerprint density at radius 1 is 0.702 bits per heavy atom. The van der Waals surface area contributed by atoms with E-state index in [4.69, 9.17) is 23.7 Å². The molecule has 0 atom stereocenters. The number of ether oxygens (including phenoxy) is 5. The molecule has 1 amide bonds. The van der Waals surface area contributed by atoms with E-state index in [1.54, 1.807) is 27.7 Å². The second kappa shape index (κ2) is 19.8. The van der Waals surface area contributed by atoms with Gasteiger partial charge < -0.3 is 39.0 Å². The summed E-state index contributed by atoms with van der Waals surface area (Å²) < 4.78 is 29.4. The van der Waals surface area contributed by atoms with Crippen LogP contribution in [0.1, 0.15) is 109 Å². The van der Waals surface area contributed by atoms with Crippen molar-refractivity contribution < 1.29 is 43.2 Å². The van der Waals surface area contributed by atoms with Crippen molar-refractivity contribution in [3.63, 3.8) is 0 Å². The number of aliphatic hydroxyl groups excluding tert-OH is 1. The smallest absolute Gasteiger partial charge is 0.313 e. The van der Waals surface area contributed by atoms with Crippen molar-refractivity contribution in [2.45, 2.75) is 137 Å². The third-order valence-electron chi connectivity index (χ3n) is 7.72. The Balaban J connectivity index is 4.69. The summed E-state index contributed by atoms with van der Waals surface area (Å²) in [6.45, 7) is 25.8. The van der Waals surface area contributed by atoms with Gasteiger partial charge in [-0.1, -0.05) is 0 Å².